The second-order valence-electron chi connectivity index (χ2n) is 7.38. The fraction of sp³-hybridized carbons (Fsp3) is 0.0741. The zero-order chi connectivity index (χ0) is 23.4. The van der Waals surface area contributed by atoms with Gasteiger partial charge in [-0.25, -0.2) is 9.37 Å². The summed E-state index contributed by atoms with van der Waals surface area (Å²) in [5.74, 6) is -0.279. The van der Waals surface area contributed by atoms with Crippen LogP contribution >= 0.6 is 0 Å². The van der Waals surface area contributed by atoms with E-state index in [1.54, 1.807) is 18.5 Å². The molecule has 33 heavy (non-hydrogen) atoms. The van der Waals surface area contributed by atoms with Crippen LogP contribution in [0, 0.1) is 5.82 Å². The lowest BCUT2D eigenvalue weighted by Gasteiger charge is -2.02. The summed E-state index contributed by atoms with van der Waals surface area (Å²) in [5, 5.41) is 10.3. The van der Waals surface area contributed by atoms with Crippen molar-refractivity contribution in [3.8, 4) is 22.5 Å². The van der Waals surface area contributed by atoms with E-state index >= 15 is 0 Å². The van der Waals surface area contributed by atoms with Crippen molar-refractivity contribution < 1.29 is 4.39 Å². The van der Waals surface area contributed by atoms with E-state index in [-0.39, 0.29) is 5.82 Å². The number of aromatic amines is 2. The average molecular weight is 438 g/mol. The molecule has 6 heteroatoms. The van der Waals surface area contributed by atoms with E-state index in [1.165, 1.54) is 18.3 Å². The number of aliphatic imine (C=N–C) groups is 1. The third kappa shape index (κ3) is 4.36. The monoisotopic (exact) mass is 437 g/mol. The first-order chi connectivity index (χ1) is 16.0. The first-order valence-electron chi connectivity index (χ1n) is 10.5. The normalized spacial score (nSPS) is 13.4. The van der Waals surface area contributed by atoms with Crippen LogP contribution in [0.2, 0.25) is 0 Å². The Hall–Kier alpha value is -4.32. The molecule has 4 rings (SSSR count). The van der Waals surface area contributed by atoms with Crippen LogP contribution in [0.3, 0.4) is 0 Å². The number of pyridine rings is 1. The highest BCUT2D eigenvalue weighted by molar-refractivity contribution is 5.96. The van der Waals surface area contributed by atoms with Gasteiger partial charge in [0.1, 0.15) is 17.2 Å². The number of hydrogen-bond donors (Lipinski definition) is 2. The average Bonchev–Trinajstić information content (AvgIpc) is 3.43. The Balaban J connectivity index is 1.88. The highest BCUT2D eigenvalue weighted by atomic mass is 19.1. The topological polar surface area (TPSA) is 69.7 Å². The standard InChI is InChI=1S/C27H24FN5/c1-5-18(16-29-7-3)17(4)13-23-24(6-2)32-33-26(23)25-15-22-21(11-12-30-27(22)31-25)19-9-8-10-20(28)14-19/h5-16,32H,3-4H2,1-2H3,(H,30,31)/b18-5+,23-13+,24-6+,29-16-. The van der Waals surface area contributed by atoms with Gasteiger partial charge in [-0.05, 0) is 66.5 Å². The molecule has 0 amide bonds. The summed E-state index contributed by atoms with van der Waals surface area (Å²) in [6, 6.07) is 10.4. The summed E-state index contributed by atoms with van der Waals surface area (Å²) < 4.78 is 13.8. The van der Waals surface area contributed by atoms with Gasteiger partial charge in [-0.3, -0.25) is 10.1 Å². The molecular formula is C27H24FN5. The molecule has 3 aromatic heterocycles. The van der Waals surface area contributed by atoms with Crippen molar-refractivity contribution in [3.05, 3.63) is 95.6 Å². The molecule has 0 aliphatic rings. The van der Waals surface area contributed by atoms with Crippen LogP contribution in [0.1, 0.15) is 13.8 Å². The summed E-state index contributed by atoms with van der Waals surface area (Å²) in [5.41, 5.74) is 5.60. The van der Waals surface area contributed by atoms with E-state index in [4.69, 9.17) is 0 Å². The second-order valence-corrected chi connectivity index (χ2v) is 7.38. The molecule has 0 aliphatic heterocycles. The summed E-state index contributed by atoms with van der Waals surface area (Å²) in [7, 11) is 0. The first kappa shape index (κ1) is 21.9. The number of hydrogen-bond acceptors (Lipinski definition) is 3. The van der Waals surface area contributed by atoms with Gasteiger partial charge in [0.25, 0.3) is 0 Å². The van der Waals surface area contributed by atoms with Gasteiger partial charge in [0.2, 0.25) is 0 Å². The number of nitrogens with zero attached hydrogens (tertiary/aromatic N) is 3. The van der Waals surface area contributed by atoms with Crippen LogP contribution in [-0.2, 0) is 0 Å². The number of halogens is 1. The van der Waals surface area contributed by atoms with E-state index in [0.717, 1.165) is 49.6 Å². The lowest BCUT2D eigenvalue weighted by atomic mass is 10.0. The molecule has 164 valence electrons. The van der Waals surface area contributed by atoms with Gasteiger partial charge in [-0.2, -0.15) is 5.10 Å². The number of aromatic nitrogens is 4. The maximum absolute atomic E-state index is 13.8. The van der Waals surface area contributed by atoms with Crippen LogP contribution in [0.15, 0.2) is 84.2 Å². The van der Waals surface area contributed by atoms with Crippen LogP contribution in [0.5, 0.6) is 0 Å². The van der Waals surface area contributed by atoms with Crippen molar-refractivity contribution in [1.82, 2.24) is 20.2 Å². The number of nitrogens with one attached hydrogen (secondary N) is 2. The summed E-state index contributed by atoms with van der Waals surface area (Å²) in [6.45, 7) is 11.7. The second kappa shape index (κ2) is 9.44. The third-order valence-electron chi connectivity index (χ3n) is 5.36. The van der Waals surface area contributed by atoms with E-state index < -0.39 is 0 Å². The third-order valence-corrected chi connectivity index (χ3v) is 5.36. The van der Waals surface area contributed by atoms with Crippen LogP contribution in [-0.4, -0.2) is 26.4 Å². The molecule has 0 fully saturated rings. The Morgan fingerprint density at radius 1 is 1.18 bits per heavy atom. The first-order valence-corrected chi connectivity index (χ1v) is 10.5. The van der Waals surface area contributed by atoms with Crippen LogP contribution < -0.4 is 10.6 Å². The molecular weight excluding hydrogens is 413 g/mol. The fourth-order valence-corrected chi connectivity index (χ4v) is 3.73. The molecule has 2 N–H and O–H groups in total. The minimum absolute atomic E-state index is 0.279. The summed E-state index contributed by atoms with van der Waals surface area (Å²) >= 11 is 0. The van der Waals surface area contributed by atoms with E-state index in [0.29, 0.717) is 5.65 Å². The number of H-pyrrole nitrogens is 2. The number of rotatable bonds is 6. The van der Waals surface area contributed by atoms with Crippen molar-refractivity contribution in [1.29, 1.82) is 0 Å². The molecule has 0 bridgehead atoms. The Morgan fingerprint density at radius 3 is 2.76 bits per heavy atom. The maximum Gasteiger partial charge on any atom is 0.138 e. The Morgan fingerprint density at radius 2 is 2.03 bits per heavy atom. The minimum atomic E-state index is -0.279. The minimum Gasteiger partial charge on any atom is -0.338 e. The molecule has 3 heterocycles. The largest absolute Gasteiger partial charge is 0.338 e. The molecule has 0 unspecified atom stereocenters. The molecule has 5 nitrogen and oxygen atoms in total. The Kier molecular flexibility index (Phi) is 6.26. The van der Waals surface area contributed by atoms with Crippen molar-refractivity contribution in [2.75, 3.05) is 0 Å². The fourth-order valence-electron chi connectivity index (χ4n) is 3.73. The van der Waals surface area contributed by atoms with Crippen molar-refractivity contribution in [3.63, 3.8) is 0 Å². The molecule has 0 saturated heterocycles. The quantitative estimate of drug-likeness (QED) is 0.327. The number of allylic oxidation sites excluding steroid dienone is 3. The van der Waals surface area contributed by atoms with E-state index in [1.807, 2.05) is 50.3 Å². The van der Waals surface area contributed by atoms with E-state index in [2.05, 4.69) is 38.3 Å². The van der Waals surface area contributed by atoms with Gasteiger partial charge in [-0.15, -0.1) is 0 Å². The van der Waals surface area contributed by atoms with E-state index in [9.17, 15) is 4.39 Å². The lowest BCUT2D eigenvalue weighted by Crippen LogP contribution is -2.23. The predicted molar refractivity (Wildman–Crippen MR) is 135 cm³/mol. The van der Waals surface area contributed by atoms with Gasteiger partial charge in [0, 0.05) is 29.2 Å². The van der Waals surface area contributed by atoms with Gasteiger partial charge in [0.15, 0.2) is 0 Å². The molecule has 0 atom stereocenters. The van der Waals surface area contributed by atoms with Crippen molar-refractivity contribution in [2.45, 2.75) is 13.8 Å². The van der Waals surface area contributed by atoms with Gasteiger partial charge in [-0.1, -0.05) is 37.4 Å². The van der Waals surface area contributed by atoms with Gasteiger partial charge < -0.3 is 4.98 Å². The van der Waals surface area contributed by atoms with Crippen LogP contribution in [0.25, 0.3) is 45.7 Å². The SMILES string of the molecule is C=C/N=C\C(=C/C)C(=C)/C=c1/c(-c2cc3c(-c4cccc(F)c4)ccnc3[nH]2)n[nH]/c1=C/C. The van der Waals surface area contributed by atoms with Gasteiger partial charge in [0.05, 0.1) is 11.0 Å². The zero-order valence-corrected chi connectivity index (χ0v) is 18.6. The molecule has 0 saturated carbocycles. The zero-order valence-electron chi connectivity index (χ0n) is 18.6. The number of benzene rings is 1. The molecule has 4 aromatic rings. The molecule has 1 aromatic carbocycles. The maximum atomic E-state index is 13.8. The highest BCUT2D eigenvalue weighted by Gasteiger charge is 2.13. The smallest absolute Gasteiger partial charge is 0.138 e. The Labute approximate surface area is 191 Å². The summed E-state index contributed by atoms with van der Waals surface area (Å²) in [4.78, 5) is 11.9. The predicted octanol–water partition coefficient (Wildman–Crippen LogP) is 5.06. The van der Waals surface area contributed by atoms with Crippen LogP contribution in [0.4, 0.5) is 4.39 Å². The molecule has 0 spiro atoms. The molecule has 0 aliphatic carbocycles. The number of fused-ring (bicyclic) bond motifs is 1. The Bertz CT molecular complexity index is 1530. The van der Waals surface area contributed by atoms with Crippen molar-refractivity contribution >= 4 is 29.4 Å². The van der Waals surface area contributed by atoms with Gasteiger partial charge >= 0.3 is 0 Å². The molecule has 0 radical (unpaired) electrons. The lowest BCUT2D eigenvalue weighted by molar-refractivity contribution is 0.628. The highest BCUT2D eigenvalue weighted by Crippen LogP contribution is 2.30. The summed E-state index contributed by atoms with van der Waals surface area (Å²) in [6.07, 6.45) is 10.8. The van der Waals surface area contributed by atoms with Crippen molar-refractivity contribution in [2.24, 2.45) is 4.99 Å².